The van der Waals surface area contributed by atoms with Gasteiger partial charge in [0.1, 0.15) is 0 Å². The van der Waals surface area contributed by atoms with Gasteiger partial charge in [-0.1, -0.05) is 11.6 Å². The Morgan fingerprint density at radius 3 is 2.53 bits per heavy atom. The van der Waals surface area contributed by atoms with Crippen LogP contribution in [0, 0.1) is 3.57 Å². The number of carbonyl (C=O) groups excluding carboxylic acids is 1. The summed E-state index contributed by atoms with van der Waals surface area (Å²) in [6, 6.07) is 5.37. The summed E-state index contributed by atoms with van der Waals surface area (Å²) in [5, 5.41) is 0.592. The van der Waals surface area contributed by atoms with Crippen molar-refractivity contribution in [2.45, 2.75) is 0 Å². The van der Waals surface area contributed by atoms with Crippen molar-refractivity contribution in [3.05, 3.63) is 32.4 Å². The fraction of sp³-hybridized carbons (Fsp3) is 0.417. The van der Waals surface area contributed by atoms with Crippen LogP contribution in [0.4, 0.5) is 0 Å². The molecule has 0 heterocycles. The summed E-state index contributed by atoms with van der Waals surface area (Å²) in [6.45, 7) is 1.55. The second-order valence-corrected chi connectivity index (χ2v) is 5.75. The van der Waals surface area contributed by atoms with Crippen molar-refractivity contribution in [1.82, 2.24) is 9.80 Å². The summed E-state index contributed by atoms with van der Waals surface area (Å²) in [5.41, 5.74) is 0.666. The van der Waals surface area contributed by atoms with Crippen LogP contribution >= 0.6 is 34.2 Å². The molecule has 0 bridgehead atoms. The number of hydrogen-bond donors (Lipinski definition) is 0. The molecule has 0 unspecified atom stereocenters. The highest BCUT2D eigenvalue weighted by molar-refractivity contribution is 14.1. The van der Waals surface area contributed by atoms with Crippen LogP contribution in [0.1, 0.15) is 10.4 Å². The van der Waals surface area contributed by atoms with Gasteiger partial charge in [0, 0.05) is 28.7 Å². The lowest BCUT2D eigenvalue weighted by atomic mass is 10.2. The zero-order valence-electron chi connectivity index (χ0n) is 10.2. The predicted octanol–water partition coefficient (Wildman–Crippen LogP) is 2.58. The fourth-order valence-electron chi connectivity index (χ4n) is 1.32. The number of hydrogen-bond acceptors (Lipinski definition) is 2. The molecule has 1 aromatic carbocycles. The third-order valence-electron chi connectivity index (χ3n) is 2.39. The van der Waals surface area contributed by atoms with Crippen LogP contribution in [0.15, 0.2) is 18.2 Å². The van der Waals surface area contributed by atoms with Gasteiger partial charge in [-0.05, 0) is 54.9 Å². The normalized spacial score (nSPS) is 10.7. The van der Waals surface area contributed by atoms with Crippen LogP contribution in [0.3, 0.4) is 0 Å². The minimum Gasteiger partial charge on any atom is -0.340 e. The van der Waals surface area contributed by atoms with E-state index in [0.29, 0.717) is 17.1 Å². The maximum Gasteiger partial charge on any atom is 0.254 e. The van der Waals surface area contributed by atoms with E-state index in [1.807, 2.05) is 32.1 Å². The van der Waals surface area contributed by atoms with Crippen LogP contribution in [0.2, 0.25) is 5.02 Å². The molecule has 0 N–H and O–H groups in total. The van der Waals surface area contributed by atoms with E-state index < -0.39 is 0 Å². The Hall–Kier alpha value is -0.330. The van der Waals surface area contributed by atoms with Gasteiger partial charge >= 0.3 is 0 Å². The molecule has 0 aliphatic carbocycles. The lowest BCUT2D eigenvalue weighted by molar-refractivity contribution is 0.0785. The van der Waals surface area contributed by atoms with Crippen molar-refractivity contribution in [3.63, 3.8) is 0 Å². The number of halogens is 2. The Kier molecular flexibility index (Phi) is 5.69. The second-order valence-electron chi connectivity index (χ2n) is 4.15. The van der Waals surface area contributed by atoms with E-state index in [1.54, 1.807) is 17.0 Å². The van der Waals surface area contributed by atoms with Crippen LogP contribution in [0.5, 0.6) is 0 Å². The van der Waals surface area contributed by atoms with Gasteiger partial charge in [0.15, 0.2) is 0 Å². The third kappa shape index (κ3) is 4.44. The zero-order chi connectivity index (χ0) is 13.0. The molecule has 0 aliphatic heterocycles. The molecule has 17 heavy (non-hydrogen) atoms. The predicted molar refractivity (Wildman–Crippen MR) is 79.7 cm³/mol. The lowest BCUT2D eigenvalue weighted by Crippen LogP contribution is -2.33. The Morgan fingerprint density at radius 2 is 1.94 bits per heavy atom. The summed E-state index contributed by atoms with van der Waals surface area (Å²) < 4.78 is 0.925. The zero-order valence-corrected chi connectivity index (χ0v) is 13.1. The van der Waals surface area contributed by atoms with Crippen LogP contribution < -0.4 is 0 Å². The van der Waals surface area contributed by atoms with Gasteiger partial charge in [0.05, 0.1) is 5.56 Å². The molecular weight excluding hydrogens is 351 g/mol. The summed E-state index contributed by atoms with van der Waals surface area (Å²) in [7, 11) is 5.78. The number of benzene rings is 1. The maximum absolute atomic E-state index is 12.2. The summed E-state index contributed by atoms with van der Waals surface area (Å²) >= 11 is 8.06. The first-order chi connectivity index (χ1) is 7.91. The number of rotatable bonds is 4. The molecule has 0 fully saturated rings. The van der Waals surface area contributed by atoms with Crippen LogP contribution in [0.25, 0.3) is 0 Å². The molecule has 1 rings (SSSR count). The number of nitrogens with zero attached hydrogens (tertiary/aromatic N) is 2. The molecule has 1 aromatic rings. The van der Waals surface area contributed by atoms with Crippen molar-refractivity contribution < 1.29 is 4.79 Å². The molecule has 0 radical (unpaired) electrons. The first-order valence-corrected chi connectivity index (χ1v) is 6.72. The largest absolute Gasteiger partial charge is 0.340 e. The lowest BCUT2D eigenvalue weighted by Gasteiger charge is -2.20. The maximum atomic E-state index is 12.2. The summed E-state index contributed by atoms with van der Waals surface area (Å²) in [6.07, 6.45) is 0. The highest BCUT2D eigenvalue weighted by Crippen LogP contribution is 2.19. The Labute approximate surface area is 121 Å². The Bertz CT molecular complexity index is 409. The topological polar surface area (TPSA) is 23.6 Å². The smallest absolute Gasteiger partial charge is 0.254 e. The molecule has 94 valence electrons. The standard InChI is InChI=1S/C12H16ClIN2O/c1-15(2)6-7-16(3)12(17)10-8-9(13)4-5-11(10)14/h4-5,8H,6-7H2,1-3H3. The van der Waals surface area contributed by atoms with Gasteiger partial charge in [-0.25, -0.2) is 0 Å². The van der Waals surface area contributed by atoms with E-state index in [4.69, 9.17) is 11.6 Å². The van der Waals surface area contributed by atoms with E-state index in [2.05, 4.69) is 22.6 Å². The van der Waals surface area contributed by atoms with Gasteiger partial charge < -0.3 is 9.80 Å². The first-order valence-electron chi connectivity index (χ1n) is 5.27. The summed E-state index contributed by atoms with van der Waals surface area (Å²) in [5.74, 6) is 0.0127. The molecule has 3 nitrogen and oxygen atoms in total. The van der Waals surface area contributed by atoms with Gasteiger partial charge in [0.25, 0.3) is 5.91 Å². The molecule has 1 amide bonds. The molecule has 0 atom stereocenters. The molecule has 0 aliphatic rings. The molecule has 0 spiro atoms. The van der Waals surface area contributed by atoms with Crippen molar-refractivity contribution >= 4 is 40.1 Å². The van der Waals surface area contributed by atoms with Crippen molar-refractivity contribution in [2.24, 2.45) is 0 Å². The monoisotopic (exact) mass is 366 g/mol. The SMILES string of the molecule is CN(C)CCN(C)C(=O)c1cc(Cl)ccc1I. The molecular formula is C12H16ClIN2O. The minimum absolute atomic E-state index is 0.0127. The van der Waals surface area contributed by atoms with Gasteiger partial charge in [-0.3, -0.25) is 4.79 Å². The molecule has 0 saturated carbocycles. The number of carbonyl (C=O) groups is 1. The van der Waals surface area contributed by atoms with Crippen molar-refractivity contribution in [1.29, 1.82) is 0 Å². The van der Waals surface area contributed by atoms with Crippen molar-refractivity contribution in [2.75, 3.05) is 34.2 Å². The highest BCUT2D eigenvalue weighted by Gasteiger charge is 2.15. The van der Waals surface area contributed by atoms with E-state index in [1.165, 1.54) is 0 Å². The van der Waals surface area contributed by atoms with Gasteiger partial charge in [-0.2, -0.15) is 0 Å². The molecule has 0 aromatic heterocycles. The van der Waals surface area contributed by atoms with E-state index >= 15 is 0 Å². The van der Waals surface area contributed by atoms with Gasteiger partial charge in [-0.15, -0.1) is 0 Å². The Morgan fingerprint density at radius 1 is 1.29 bits per heavy atom. The molecule has 5 heteroatoms. The number of likely N-dealkylation sites (N-methyl/N-ethyl adjacent to an activating group) is 2. The average molecular weight is 367 g/mol. The fourth-order valence-corrected chi connectivity index (χ4v) is 2.06. The van der Waals surface area contributed by atoms with Crippen LogP contribution in [-0.2, 0) is 0 Å². The molecule has 0 saturated heterocycles. The number of amides is 1. The minimum atomic E-state index is 0.0127. The van der Waals surface area contributed by atoms with Gasteiger partial charge in [0.2, 0.25) is 0 Å². The summed E-state index contributed by atoms with van der Waals surface area (Å²) in [4.78, 5) is 15.9. The first kappa shape index (κ1) is 14.7. The van der Waals surface area contributed by atoms with Crippen molar-refractivity contribution in [3.8, 4) is 0 Å². The highest BCUT2D eigenvalue weighted by atomic mass is 127. The quantitative estimate of drug-likeness (QED) is 0.765. The third-order valence-corrected chi connectivity index (χ3v) is 3.56. The van der Waals surface area contributed by atoms with E-state index in [-0.39, 0.29) is 5.91 Å². The van der Waals surface area contributed by atoms with E-state index in [0.717, 1.165) is 10.1 Å². The Balaban J connectivity index is 2.78. The van der Waals surface area contributed by atoms with Crippen LogP contribution in [-0.4, -0.2) is 49.9 Å². The average Bonchev–Trinajstić information content (AvgIpc) is 2.28. The second kappa shape index (κ2) is 6.56. The van der Waals surface area contributed by atoms with E-state index in [9.17, 15) is 4.79 Å².